The third-order valence-corrected chi connectivity index (χ3v) is 3.72. The van der Waals surface area contributed by atoms with Gasteiger partial charge in [0.05, 0.1) is 11.5 Å². The second-order valence-electron chi connectivity index (χ2n) is 5.26. The normalized spacial score (nSPS) is 23.0. The molecule has 1 aliphatic heterocycles. The smallest absolute Gasteiger partial charge is 0.237 e. The highest BCUT2D eigenvalue weighted by Crippen LogP contribution is 2.14. The molecule has 0 saturated carbocycles. The topological polar surface area (TPSA) is 44.1 Å². The number of benzene rings is 1. The molecule has 0 aromatic heterocycles. The van der Waals surface area contributed by atoms with E-state index in [0.717, 1.165) is 36.2 Å². The molecule has 0 spiro atoms. The lowest BCUT2D eigenvalue weighted by molar-refractivity contribution is -0.646. The molecule has 1 aliphatic rings. The summed E-state index contributed by atoms with van der Waals surface area (Å²) in [5.41, 5.74) is 4.12. The van der Waals surface area contributed by atoms with Crippen molar-refractivity contribution in [1.29, 1.82) is 0 Å². The molecule has 1 saturated heterocycles. The van der Waals surface area contributed by atoms with Crippen molar-refractivity contribution in [3.05, 3.63) is 40.8 Å². The van der Waals surface area contributed by atoms with E-state index in [4.69, 9.17) is 0 Å². The van der Waals surface area contributed by atoms with Gasteiger partial charge < -0.3 is 5.32 Å². The molecule has 1 fully saturated rings. The molecule has 2 atom stereocenters. The Morgan fingerprint density at radius 2 is 2.16 bits per heavy atom. The van der Waals surface area contributed by atoms with Gasteiger partial charge in [-0.25, -0.2) is 0 Å². The maximum Gasteiger partial charge on any atom is 0.237 e. The quantitative estimate of drug-likeness (QED) is 0.611. The molecule has 0 amide bonds. The van der Waals surface area contributed by atoms with Crippen LogP contribution in [0.2, 0.25) is 0 Å². The molecule has 2 unspecified atom stereocenters. The molecule has 1 aromatic rings. The maximum atomic E-state index is 12.1. The monoisotopic (exact) mass is 262 g/mol. The van der Waals surface area contributed by atoms with Crippen LogP contribution in [0, 0.1) is 4.91 Å². The van der Waals surface area contributed by atoms with Crippen LogP contribution in [0.15, 0.2) is 30.3 Å². The first-order chi connectivity index (χ1) is 9.29. The predicted molar refractivity (Wildman–Crippen MR) is 76.6 cm³/mol. The molecule has 2 N–H and O–H groups in total. The van der Waals surface area contributed by atoms with Gasteiger partial charge in [0.2, 0.25) is 6.04 Å². The zero-order valence-corrected chi connectivity index (χ0v) is 11.6. The van der Waals surface area contributed by atoms with Crippen LogP contribution < -0.4 is 10.7 Å². The van der Waals surface area contributed by atoms with Gasteiger partial charge in [0.1, 0.15) is 4.87 Å². The van der Waals surface area contributed by atoms with Crippen LogP contribution >= 0.6 is 0 Å². The Labute approximate surface area is 115 Å². The van der Waals surface area contributed by atoms with E-state index < -0.39 is 0 Å². The van der Waals surface area contributed by atoms with Gasteiger partial charge in [0.25, 0.3) is 0 Å². The van der Waals surface area contributed by atoms with Crippen LogP contribution in [0.3, 0.4) is 0 Å². The van der Waals surface area contributed by atoms with E-state index in [-0.39, 0.29) is 6.04 Å². The molecule has 1 aromatic carbocycles. The van der Waals surface area contributed by atoms with Crippen LogP contribution in [-0.4, -0.2) is 23.5 Å². The molecule has 104 valence electrons. The van der Waals surface area contributed by atoms with Crippen LogP contribution in [-0.2, 0) is 6.54 Å². The van der Waals surface area contributed by atoms with Crippen molar-refractivity contribution in [1.82, 2.24) is 10.7 Å². The minimum atomic E-state index is 0.0986. The van der Waals surface area contributed by atoms with Gasteiger partial charge in [-0.3, -0.25) is 0 Å². The van der Waals surface area contributed by atoms with E-state index in [1.54, 1.807) is 0 Å². The summed E-state index contributed by atoms with van der Waals surface area (Å²) in [5.74, 6) is 0. The number of rotatable bonds is 6. The highest BCUT2D eigenvalue weighted by atomic mass is 16.3. The summed E-state index contributed by atoms with van der Waals surface area (Å²) < 4.78 is 0. The molecule has 4 nitrogen and oxygen atoms in total. The number of nitrogens with one attached hydrogen (secondary N) is 2. The minimum Gasteiger partial charge on any atom is -0.313 e. The Bertz CT molecular complexity index is 392. The van der Waals surface area contributed by atoms with Gasteiger partial charge in [0.15, 0.2) is 0 Å². The molecule has 19 heavy (non-hydrogen) atoms. The van der Waals surface area contributed by atoms with Crippen molar-refractivity contribution in [2.24, 2.45) is 0 Å². The third-order valence-electron chi connectivity index (χ3n) is 3.72. The number of hydrogen-bond donors (Lipinski definition) is 2. The maximum absolute atomic E-state index is 12.1. The third kappa shape index (κ3) is 4.31. The zero-order valence-electron chi connectivity index (χ0n) is 11.6. The van der Waals surface area contributed by atoms with E-state index in [1.807, 2.05) is 30.3 Å². The van der Waals surface area contributed by atoms with Gasteiger partial charge in [-0.2, -0.15) is 0 Å². The SMILES string of the molecule is CCCC1CC([N+](=O)NCc2ccccc2)CCN1. The molecule has 0 bridgehead atoms. The summed E-state index contributed by atoms with van der Waals surface area (Å²) in [7, 11) is 0. The lowest BCUT2D eigenvalue weighted by Gasteiger charge is -2.25. The summed E-state index contributed by atoms with van der Waals surface area (Å²) in [6.45, 7) is 3.74. The van der Waals surface area contributed by atoms with Crippen molar-refractivity contribution in [2.75, 3.05) is 6.54 Å². The number of hydrogen-bond acceptors (Lipinski definition) is 2. The Balaban J connectivity index is 1.79. The summed E-state index contributed by atoms with van der Waals surface area (Å²) in [6.07, 6.45) is 4.19. The van der Waals surface area contributed by atoms with Crippen molar-refractivity contribution >= 4 is 0 Å². The fourth-order valence-electron chi connectivity index (χ4n) is 2.66. The van der Waals surface area contributed by atoms with Gasteiger partial charge in [-0.05, 0) is 12.0 Å². The standard InChI is InChI=1S/C15H24N3O/c1-2-6-14-11-15(9-10-16-14)18(19)17-12-13-7-4-3-5-8-13/h3-5,7-8,14-16H,2,6,9-12H2,1H3,(H,17,19)/q+1. The molecule has 0 radical (unpaired) electrons. The Morgan fingerprint density at radius 3 is 2.89 bits per heavy atom. The number of piperidine rings is 1. The van der Waals surface area contributed by atoms with Crippen LogP contribution in [0.25, 0.3) is 0 Å². The van der Waals surface area contributed by atoms with Gasteiger partial charge in [0, 0.05) is 25.4 Å². The fourth-order valence-corrected chi connectivity index (χ4v) is 2.66. The summed E-state index contributed by atoms with van der Waals surface area (Å²) in [4.78, 5) is 13.2. The average molecular weight is 262 g/mol. The van der Waals surface area contributed by atoms with Crippen LogP contribution in [0.4, 0.5) is 0 Å². The fraction of sp³-hybridized carbons (Fsp3) is 0.600. The van der Waals surface area contributed by atoms with Crippen molar-refractivity contribution in [2.45, 2.75) is 51.2 Å². The Kier molecular flexibility index (Phi) is 5.33. The van der Waals surface area contributed by atoms with E-state index >= 15 is 0 Å². The predicted octanol–water partition coefficient (Wildman–Crippen LogP) is 2.39. The number of hydrazine groups is 1. The van der Waals surface area contributed by atoms with Crippen LogP contribution in [0.5, 0.6) is 0 Å². The first-order valence-corrected chi connectivity index (χ1v) is 7.26. The zero-order chi connectivity index (χ0) is 13.5. The number of nitrogens with zero attached hydrogens (tertiary/aromatic N) is 1. The van der Waals surface area contributed by atoms with Gasteiger partial charge in [-0.15, -0.1) is 5.43 Å². The second kappa shape index (κ2) is 7.24. The molecule has 1 heterocycles. The first kappa shape index (κ1) is 14.0. The number of nitroso groups, excluding NO2 is 1. The van der Waals surface area contributed by atoms with E-state index in [2.05, 4.69) is 17.7 Å². The van der Waals surface area contributed by atoms with E-state index in [9.17, 15) is 4.91 Å². The van der Waals surface area contributed by atoms with E-state index in [0.29, 0.717) is 12.6 Å². The molecular formula is C15H24N3O+. The van der Waals surface area contributed by atoms with Crippen molar-refractivity contribution < 1.29 is 4.87 Å². The highest BCUT2D eigenvalue weighted by Gasteiger charge is 2.32. The lowest BCUT2D eigenvalue weighted by atomic mass is 9.97. The summed E-state index contributed by atoms with van der Waals surface area (Å²) in [5, 5.41) is 3.49. The van der Waals surface area contributed by atoms with E-state index in [1.165, 1.54) is 6.42 Å². The Hall–Kier alpha value is -1.42. The first-order valence-electron chi connectivity index (χ1n) is 7.26. The molecule has 4 heteroatoms. The largest absolute Gasteiger partial charge is 0.313 e. The molecule has 2 rings (SSSR count). The minimum absolute atomic E-state index is 0.0986. The molecular weight excluding hydrogens is 238 g/mol. The summed E-state index contributed by atoms with van der Waals surface area (Å²) in [6, 6.07) is 10.6. The lowest BCUT2D eigenvalue weighted by Crippen LogP contribution is -2.47. The Morgan fingerprint density at radius 1 is 1.37 bits per heavy atom. The van der Waals surface area contributed by atoms with Crippen molar-refractivity contribution in [3.63, 3.8) is 0 Å². The van der Waals surface area contributed by atoms with Gasteiger partial charge >= 0.3 is 0 Å². The molecule has 0 aliphatic carbocycles. The van der Waals surface area contributed by atoms with Gasteiger partial charge in [-0.1, -0.05) is 43.7 Å². The summed E-state index contributed by atoms with van der Waals surface area (Å²) >= 11 is 0. The average Bonchev–Trinajstić information content (AvgIpc) is 2.46. The highest BCUT2D eigenvalue weighted by molar-refractivity contribution is 5.13. The second-order valence-corrected chi connectivity index (χ2v) is 5.26. The van der Waals surface area contributed by atoms with Crippen molar-refractivity contribution in [3.8, 4) is 0 Å². The van der Waals surface area contributed by atoms with Crippen LogP contribution in [0.1, 0.15) is 38.2 Å².